The molecule has 2 rings (SSSR count). The fourth-order valence-corrected chi connectivity index (χ4v) is 2.83. The third-order valence-corrected chi connectivity index (χ3v) is 4.47. The number of para-hydroxylation sites is 1. The topological polar surface area (TPSA) is 77.2 Å². The van der Waals surface area contributed by atoms with E-state index in [2.05, 4.69) is 10.3 Å². The first-order valence-corrected chi connectivity index (χ1v) is 8.05. The van der Waals surface area contributed by atoms with Crippen molar-refractivity contribution >= 4 is 22.9 Å². The quantitative estimate of drug-likeness (QED) is 0.769. The van der Waals surface area contributed by atoms with Crippen molar-refractivity contribution in [3.05, 3.63) is 45.9 Å². The van der Waals surface area contributed by atoms with Gasteiger partial charge in [-0.25, -0.2) is 4.98 Å². The van der Waals surface area contributed by atoms with Gasteiger partial charge >= 0.3 is 0 Å². The summed E-state index contributed by atoms with van der Waals surface area (Å²) in [6.45, 7) is 2.39. The highest BCUT2D eigenvalue weighted by Gasteiger charge is 2.10. The minimum Gasteiger partial charge on any atom is -0.399 e. The Morgan fingerprint density at radius 3 is 2.95 bits per heavy atom. The van der Waals surface area contributed by atoms with Crippen LogP contribution in [0.3, 0.4) is 0 Å². The molecule has 2 aromatic rings. The molecule has 0 aliphatic carbocycles. The Hall–Kier alpha value is -1.92. The van der Waals surface area contributed by atoms with Gasteiger partial charge < -0.3 is 15.8 Å². The van der Waals surface area contributed by atoms with Crippen LogP contribution in [-0.2, 0) is 22.5 Å². The number of nitrogens with two attached hydrogens (primary N) is 1. The van der Waals surface area contributed by atoms with Crippen molar-refractivity contribution in [2.75, 3.05) is 12.8 Å². The van der Waals surface area contributed by atoms with E-state index < -0.39 is 0 Å². The number of carbonyl (C=O) groups excluding carboxylic acids is 1. The van der Waals surface area contributed by atoms with Crippen LogP contribution in [0.5, 0.6) is 0 Å². The lowest BCUT2D eigenvalue weighted by molar-refractivity contribution is -0.121. The van der Waals surface area contributed by atoms with Crippen molar-refractivity contribution in [1.29, 1.82) is 0 Å². The molecule has 0 bridgehead atoms. The van der Waals surface area contributed by atoms with E-state index in [0.29, 0.717) is 19.4 Å². The van der Waals surface area contributed by atoms with Crippen molar-refractivity contribution in [2.45, 2.75) is 32.4 Å². The number of nitrogen functional groups attached to an aromatic ring is 1. The van der Waals surface area contributed by atoms with E-state index in [4.69, 9.17) is 10.5 Å². The molecule has 3 N–H and O–H groups in total. The molecule has 0 aliphatic heterocycles. The molecule has 0 radical (unpaired) electrons. The predicted molar refractivity (Wildman–Crippen MR) is 88.6 cm³/mol. The molecule has 1 heterocycles. The second kappa shape index (κ2) is 7.91. The van der Waals surface area contributed by atoms with E-state index >= 15 is 0 Å². The van der Waals surface area contributed by atoms with Crippen LogP contribution < -0.4 is 11.1 Å². The van der Waals surface area contributed by atoms with Crippen LogP contribution in [0, 0.1) is 0 Å². The van der Waals surface area contributed by atoms with E-state index in [1.165, 1.54) is 0 Å². The van der Waals surface area contributed by atoms with Gasteiger partial charge in [-0.2, -0.15) is 0 Å². The fraction of sp³-hybridized carbons (Fsp3) is 0.375. The molecular formula is C16H21N3O2S. The van der Waals surface area contributed by atoms with E-state index in [1.54, 1.807) is 18.4 Å². The molecule has 0 spiro atoms. The maximum atomic E-state index is 11.9. The first-order valence-electron chi connectivity index (χ1n) is 7.17. The summed E-state index contributed by atoms with van der Waals surface area (Å²) >= 11 is 1.54. The molecule has 0 saturated carbocycles. The van der Waals surface area contributed by atoms with E-state index in [-0.39, 0.29) is 12.0 Å². The third-order valence-electron chi connectivity index (χ3n) is 3.41. The summed E-state index contributed by atoms with van der Waals surface area (Å²) in [4.78, 5) is 16.3. The number of carbonyl (C=O) groups is 1. The molecule has 1 amide bonds. The summed E-state index contributed by atoms with van der Waals surface area (Å²) < 4.78 is 5.22. The lowest BCUT2D eigenvalue weighted by atomic mass is 10.1. The van der Waals surface area contributed by atoms with Crippen LogP contribution in [0.15, 0.2) is 29.6 Å². The normalized spacial score (nSPS) is 12.1. The van der Waals surface area contributed by atoms with Crippen LogP contribution in [0.25, 0.3) is 0 Å². The van der Waals surface area contributed by atoms with Crippen molar-refractivity contribution in [2.24, 2.45) is 0 Å². The van der Waals surface area contributed by atoms with Crippen LogP contribution in [0.2, 0.25) is 0 Å². The number of aromatic nitrogens is 1. The molecular weight excluding hydrogens is 298 g/mol. The Balaban J connectivity index is 1.78. The summed E-state index contributed by atoms with van der Waals surface area (Å²) in [5.41, 5.74) is 8.45. The third kappa shape index (κ3) is 4.54. The van der Waals surface area contributed by atoms with Crippen LogP contribution in [0.4, 0.5) is 5.69 Å². The van der Waals surface area contributed by atoms with Crippen LogP contribution in [-0.4, -0.2) is 18.0 Å². The molecule has 6 heteroatoms. The summed E-state index contributed by atoms with van der Waals surface area (Å²) in [5, 5.41) is 5.75. The Kier molecular flexibility index (Phi) is 5.91. The van der Waals surface area contributed by atoms with Gasteiger partial charge in [0.2, 0.25) is 5.91 Å². The number of nitrogens with zero attached hydrogens (tertiary/aromatic N) is 1. The largest absolute Gasteiger partial charge is 0.399 e. The highest BCUT2D eigenvalue weighted by molar-refractivity contribution is 7.09. The Bertz CT molecular complexity index is 627. The molecule has 1 unspecified atom stereocenters. The minimum atomic E-state index is -0.0180. The predicted octanol–water partition coefficient (Wildman–Crippen LogP) is 2.68. The molecule has 118 valence electrons. The molecule has 5 nitrogen and oxygen atoms in total. The van der Waals surface area contributed by atoms with Gasteiger partial charge in [-0.15, -0.1) is 11.3 Å². The van der Waals surface area contributed by atoms with Gasteiger partial charge in [0.15, 0.2) is 0 Å². The first kappa shape index (κ1) is 16.5. The van der Waals surface area contributed by atoms with Gasteiger partial charge in [-0.3, -0.25) is 4.79 Å². The number of benzene rings is 1. The zero-order chi connectivity index (χ0) is 15.9. The first-order chi connectivity index (χ1) is 10.6. The number of methoxy groups -OCH3 is 1. The van der Waals surface area contributed by atoms with Gasteiger partial charge in [0, 0.05) is 24.6 Å². The van der Waals surface area contributed by atoms with E-state index in [9.17, 15) is 4.79 Å². The lowest BCUT2D eigenvalue weighted by Crippen LogP contribution is -2.23. The van der Waals surface area contributed by atoms with Gasteiger partial charge in [-0.05, 0) is 25.0 Å². The monoisotopic (exact) mass is 319 g/mol. The Labute approximate surface area is 134 Å². The van der Waals surface area contributed by atoms with Crippen molar-refractivity contribution in [1.82, 2.24) is 10.3 Å². The molecule has 1 aromatic heterocycles. The standard InChI is InChI=1S/C16H21N3O2S/c1-11(21-2)16-19-13(10-22-16)9-18-15(20)8-7-12-5-3-4-6-14(12)17/h3-6,10-11H,7-9,17H2,1-2H3,(H,18,20). The molecule has 0 fully saturated rings. The zero-order valence-electron chi connectivity index (χ0n) is 12.8. The number of anilines is 1. The SMILES string of the molecule is COC(C)c1nc(CNC(=O)CCc2ccccc2N)cs1. The number of ether oxygens (including phenoxy) is 1. The molecule has 22 heavy (non-hydrogen) atoms. The maximum Gasteiger partial charge on any atom is 0.220 e. The van der Waals surface area contributed by atoms with Crippen molar-refractivity contribution in [3.8, 4) is 0 Å². The lowest BCUT2D eigenvalue weighted by Gasteiger charge is -2.06. The second-order valence-electron chi connectivity index (χ2n) is 5.03. The number of hydrogen-bond acceptors (Lipinski definition) is 5. The number of amides is 1. The molecule has 0 saturated heterocycles. The highest BCUT2D eigenvalue weighted by Crippen LogP contribution is 2.20. The minimum absolute atomic E-state index is 0.00223. The van der Waals surface area contributed by atoms with E-state index in [0.717, 1.165) is 22.0 Å². The highest BCUT2D eigenvalue weighted by atomic mass is 32.1. The number of nitrogens with one attached hydrogen (secondary N) is 1. The van der Waals surface area contributed by atoms with Crippen molar-refractivity contribution in [3.63, 3.8) is 0 Å². The Morgan fingerprint density at radius 1 is 1.45 bits per heavy atom. The average Bonchev–Trinajstić information content (AvgIpc) is 3.00. The number of thiazole rings is 1. The van der Waals surface area contributed by atoms with Crippen LogP contribution in [0.1, 0.15) is 35.7 Å². The molecule has 1 aromatic carbocycles. The Morgan fingerprint density at radius 2 is 2.23 bits per heavy atom. The smallest absolute Gasteiger partial charge is 0.220 e. The van der Waals surface area contributed by atoms with Gasteiger partial charge in [0.05, 0.1) is 12.2 Å². The second-order valence-corrected chi connectivity index (χ2v) is 5.92. The van der Waals surface area contributed by atoms with Gasteiger partial charge in [0.25, 0.3) is 0 Å². The molecule has 0 aliphatic rings. The summed E-state index contributed by atoms with van der Waals surface area (Å²) in [6.07, 6.45) is 1.04. The van der Waals surface area contributed by atoms with E-state index in [1.807, 2.05) is 36.6 Å². The number of hydrogen-bond donors (Lipinski definition) is 2. The van der Waals surface area contributed by atoms with Crippen LogP contribution >= 0.6 is 11.3 Å². The fourth-order valence-electron chi connectivity index (χ4n) is 1.98. The van der Waals surface area contributed by atoms with Gasteiger partial charge in [-0.1, -0.05) is 18.2 Å². The van der Waals surface area contributed by atoms with Gasteiger partial charge in [0.1, 0.15) is 11.1 Å². The number of aryl methyl sites for hydroxylation is 1. The summed E-state index contributed by atoms with van der Waals surface area (Å²) in [5.74, 6) is -0.00223. The summed E-state index contributed by atoms with van der Waals surface area (Å²) in [7, 11) is 1.66. The summed E-state index contributed by atoms with van der Waals surface area (Å²) in [6, 6.07) is 7.61. The zero-order valence-corrected chi connectivity index (χ0v) is 13.7. The van der Waals surface area contributed by atoms with Crippen molar-refractivity contribution < 1.29 is 9.53 Å². The maximum absolute atomic E-state index is 11.9. The number of rotatable bonds is 7. The molecule has 1 atom stereocenters. The average molecular weight is 319 g/mol.